The van der Waals surface area contributed by atoms with Crippen LogP contribution in [0.25, 0.3) is 0 Å². The highest BCUT2D eigenvalue weighted by Gasteiger charge is 2.31. The van der Waals surface area contributed by atoms with Crippen molar-refractivity contribution in [3.8, 4) is 0 Å². The van der Waals surface area contributed by atoms with Crippen LogP contribution in [0.2, 0.25) is 0 Å². The van der Waals surface area contributed by atoms with Gasteiger partial charge in [0.2, 0.25) is 0 Å². The molecule has 0 saturated carbocycles. The predicted octanol–water partition coefficient (Wildman–Crippen LogP) is 1.56. The van der Waals surface area contributed by atoms with E-state index in [4.69, 9.17) is 0 Å². The van der Waals surface area contributed by atoms with Gasteiger partial charge in [0.25, 0.3) is 0 Å². The fourth-order valence-electron chi connectivity index (χ4n) is 1.93. The molecule has 3 nitrogen and oxygen atoms in total. The van der Waals surface area contributed by atoms with Crippen LogP contribution < -0.4 is 5.32 Å². The topological polar surface area (TPSA) is 46.2 Å². The van der Waals surface area contributed by atoms with Gasteiger partial charge >= 0.3 is 0 Å². The smallest absolute Gasteiger partial charge is 0.146 e. The summed E-state index contributed by atoms with van der Waals surface area (Å²) in [7, 11) is 0. The van der Waals surface area contributed by atoms with Crippen molar-refractivity contribution in [2.24, 2.45) is 11.8 Å². The molecule has 0 aromatic heterocycles. The van der Waals surface area contributed by atoms with Crippen LogP contribution >= 0.6 is 0 Å². The average Bonchev–Trinajstić information content (AvgIpc) is 2.62. The number of ketones is 2. The minimum absolute atomic E-state index is 0.0673. The zero-order chi connectivity index (χ0) is 11.4. The van der Waals surface area contributed by atoms with Crippen molar-refractivity contribution in [3.05, 3.63) is 0 Å². The number of Topliss-reactive ketones (excluding diaryl/α,β-unsaturated/α-hetero) is 2. The highest BCUT2D eigenvalue weighted by Crippen LogP contribution is 2.19. The Balaban J connectivity index is 2.33. The second-order valence-corrected chi connectivity index (χ2v) is 4.90. The van der Waals surface area contributed by atoms with Gasteiger partial charge in [0.1, 0.15) is 11.6 Å². The van der Waals surface area contributed by atoms with Crippen LogP contribution in [-0.4, -0.2) is 24.2 Å². The molecule has 0 radical (unpaired) electrons. The first-order chi connectivity index (χ1) is 7.00. The maximum atomic E-state index is 11.8. The van der Waals surface area contributed by atoms with Crippen molar-refractivity contribution in [3.63, 3.8) is 0 Å². The van der Waals surface area contributed by atoms with Crippen molar-refractivity contribution in [1.82, 2.24) is 5.32 Å². The lowest BCUT2D eigenvalue weighted by Gasteiger charge is -2.08. The maximum Gasteiger partial charge on any atom is 0.146 e. The summed E-state index contributed by atoms with van der Waals surface area (Å²) < 4.78 is 0. The SMILES string of the molecule is CC(=O)C1CC(C(=O)CCC(C)C)CN1. The molecule has 1 N–H and O–H groups in total. The van der Waals surface area contributed by atoms with Crippen molar-refractivity contribution in [2.45, 2.75) is 46.1 Å². The van der Waals surface area contributed by atoms with Gasteiger partial charge in [-0.25, -0.2) is 0 Å². The molecular formula is C12H21NO2. The van der Waals surface area contributed by atoms with Gasteiger partial charge in [0.15, 0.2) is 0 Å². The fraction of sp³-hybridized carbons (Fsp3) is 0.833. The Morgan fingerprint density at radius 3 is 2.53 bits per heavy atom. The standard InChI is InChI=1S/C12H21NO2/c1-8(2)4-5-12(15)10-6-11(9(3)14)13-7-10/h8,10-11,13H,4-7H2,1-3H3. The fourth-order valence-corrected chi connectivity index (χ4v) is 1.93. The molecule has 1 saturated heterocycles. The summed E-state index contributed by atoms with van der Waals surface area (Å²) in [5, 5.41) is 3.10. The predicted molar refractivity (Wildman–Crippen MR) is 59.7 cm³/mol. The highest BCUT2D eigenvalue weighted by molar-refractivity contribution is 5.86. The molecule has 0 amide bonds. The number of hydrogen-bond donors (Lipinski definition) is 1. The first-order valence-electron chi connectivity index (χ1n) is 5.77. The van der Waals surface area contributed by atoms with Crippen LogP contribution in [-0.2, 0) is 9.59 Å². The van der Waals surface area contributed by atoms with Crippen LogP contribution in [0.15, 0.2) is 0 Å². The summed E-state index contributed by atoms with van der Waals surface area (Å²) in [6, 6.07) is -0.0852. The lowest BCUT2D eigenvalue weighted by Crippen LogP contribution is -2.28. The maximum absolute atomic E-state index is 11.8. The van der Waals surface area contributed by atoms with E-state index in [2.05, 4.69) is 19.2 Å². The Morgan fingerprint density at radius 2 is 2.07 bits per heavy atom. The molecule has 1 aliphatic rings. The second kappa shape index (κ2) is 5.40. The third kappa shape index (κ3) is 3.74. The van der Waals surface area contributed by atoms with Gasteiger partial charge in [-0.15, -0.1) is 0 Å². The second-order valence-electron chi connectivity index (χ2n) is 4.90. The molecule has 86 valence electrons. The number of rotatable bonds is 5. The van der Waals surface area contributed by atoms with E-state index in [0.717, 1.165) is 6.42 Å². The molecule has 0 aromatic rings. The van der Waals surface area contributed by atoms with Gasteiger partial charge in [-0.1, -0.05) is 13.8 Å². The summed E-state index contributed by atoms with van der Waals surface area (Å²) in [4.78, 5) is 22.9. The highest BCUT2D eigenvalue weighted by atomic mass is 16.1. The number of carbonyl (C=O) groups excluding carboxylic acids is 2. The summed E-state index contributed by atoms with van der Waals surface area (Å²) in [6.45, 7) is 6.51. The van der Waals surface area contributed by atoms with Crippen molar-refractivity contribution >= 4 is 11.6 Å². The van der Waals surface area contributed by atoms with Crippen molar-refractivity contribution < 1.29 is 9.59 Å². The third-order valence-corrected chi connectivity index (χ3v) is 3.05. The first kappa shape index (κ1) is 12.4. The van der Waals surface area contributed by atoms with E-state index in [-0.39, 0.29) is 17.7 Å². The lowest BCUT2D eigenvalue weighted by atomic mass is 9.94. The van der Waals surface area contributed by atoms with E-state index in [1.165, 1.54) is 0 Å². The summed E-state index contributed by atoms with van der Waals surface area (Å²) in [6.07, 6.45) is 2.32. The third-order valence-electron chi connectivity index (χ3n) is 3.05. The Kier molecular flexibility index (Phi) is 4.45. The van der Waals surface area contributed by atoms with Gasteiger partial charge in [-0.2, -0.15) is 0 Å². The lowest BCUT2D eigenvalue weighted by molar-refractivity contribution is -0.122. The Hall–Kier alpha value is -0.700. The molecule has 1 fully saturated rings. The van der Waals surface area contributed by atoms with Crippen LogP contribution in [0.4, 0.5) is 0 Å². The van der Waals surface area contributed by atoms with Gasteiger partial charge < -0.3 is 5.32 Å². The van der Waals surface area contributed by atoms with Gasteiger partial charge in [0.05, 0.1) is 6.04 Å². The molecule has 3 heteroatoms. The van der Waals surface area contributed by atoms with E-state index in [1.807, 2.05) is 0 Å². The molecule has 0 spiro atoms. The van der Waals surface area contributed by atoms with Gasteiger partial charge in [-0.05, 0) is 25.7 Å². The van der Waals surface area contributed by atoms with E-state index >= 15 is 0 Å². The average molecular weight is 211 g/mol. The Bertz CT molecular complexity index is 248. The molecular weight excluding hydrogens is 190 g/mol. The van der Waals surface area contributed by atoms with Gasteiger partial charge in [-0.3, -0.25) is 9.59 Å². The normalized spacial score (nSPS) is 25.9. The minimum atomic E-state index is -0.0852. The molecule has 15 heavy (non-hydrogen) atoms. The van der Waals surface area contributed by atoms with Crippen molar-refractivity contribution in [2.75, 3.05) is 6.54 Å². The number of carbonyl (C=O) groups is 2. The largest absolute Gasteiger partial charge is 0.307 e. The molecule has 0 bridgehead atoms. The van der Waals surface area contributed by atoms with Crippen LogP contribution in [0.1, 0.15) is 40.0 Å². The summed E-state index contributed by atoms with van der Waals surface area (Å²) in [5.41, 5.74) is 0. The molecule has 2 atom stereocenters. The minimum Gasteiger partial charge on any atom is -0.307 e. The Labute approximate surface area is 91.6 Å². The molecule has 1 heterocycles. The van der Waals surface area contributed by atoms with Crippen LogP contribution in [0.5, 0.6) is 0 Å². The molecule has 0 aliphatic carbocycles. The quantitative estimate of drug-likeness (QED) is 0.750. The van der Waals surface area contributed by atoms with E-state index in [0.29, 0.717) is 31.1 Å². The molecule has 1 aliphatic heterocycles. The van der Waals surface area contributed by atoms with Crippen LogP contribution in [0, 0.1) is 11.8 Å². The van der Waals surface area contributed by atoms with Crippen molar-refractivity contribution in [1.29, 1.82) is 0 Å². The van der Waals surface area contributed by atoms with E-state index in [9.17, 15) is 9.59 Å². The summed E-state index contributed by atoms with van der Waals surface area (Å²) in [5.74, 6) is 1.11. The van der Waals surface area contributed by atoms with E-state index < -0.39 is 0 Å². The zero-order valence-corrected chi connectivity index (χ0v) is 9.88. The van der Waals surface area contributed by atoms with Crippen LogP contribution in [0.3, 0.4) is 0 Å². The molecule has 1 rings (SSSR count). The molecule has 0 aromatic carbocycles. The Morgan fingerprint density at radius 1 is 1.40 bits per heavy atom. The number of nitrogens with one attached hydrogen (secondary N) is 1. The zero-order valence-electron chi connectivity index (χ0n) is 9.88. The van der Waals surface area contributed by atoms with E-state index in [1.54, 1.807) is 6.92 Å². The number of hydrogen-bond acceptors (Lipinski definition) is 3. The first-order valence-corrected chi connectivity index (χ1v) is 5.77. The monoisotopic (exact) mass is 211 g/mol. The summed E-state index contributed by atoms with van der Waals surface area (Å²) >= 11 is 0. The van der Waals surface area contributed by atoms with Gasteiger partial charge in [0, 0.05) is 18.9 Å². The molecule has 2 unspecified atom stereocenters.